The zero-order valence-electron chi connectivity index (χ0n) is 14.3. The average molecular weight is 367 g/mol. The molecule has 1 aliphatic rings. The smallest absolute Gasteiger partial charge is 0.332 e. The van der Waals surface area contributed by atoms with Gasteiger partial charge in [-0.1, -0.05) is 13.3 Å². The number of aromatic amines is 1. The summed E-state index contributed by atoms with van der Waals surface area (Å²) in [5.41, 5.74) is 5.72. The predicted molar refractivity (Wildman–Crippen MR) is 98.4 cm³/mol. The molecular formula is C16H23ClN6O2. The van der Waals surface area contributed by atoms with Crippen LogP contribution in [-0.2, 0) is 13.1 Å². The molecule has 136 valence electrons. The van der Waals surface area contributed by atoms with Crippen molar-refractivity contribution in [3.8, 4) is 0 Å². The van der Waals surface area contributed by atoms with Crippen molar-refractivity contribution in [2.45, 2.75) is 64.6 Å². The van der Waals surface area contributed by atoms with Crippen LogP contribution in [0.5, 0.6) is 0 Å². The summed E-state index contributed by atoms with van der Waals surface area (Å²) in [6, 6.07) is 0.373. The first kappa shape index (κ1) is 17.7. The van der Waals surface area contributed by atoms with Crippen LogP contribution in [0.2, 0.25) is 5.28 Å². The highest BCUT2D eigenvalue weighted by atomic mass is 35.5. The Labute approximate surface area is 149 Å². The molecule has 1 aliphatic carbocycles. The highest BCUT2D eigenvalue weighted by Crippen LogP contribution is 2.23. The van der Waals surface area contributed by atoms with Crippen molar-refractivity contribution < 1.29 is 0 Å². The summed E-state index contributed by atoms with van der Waals surface area (Å²) in [5.74, 6) is 0.590. The van der Waals surface area contributed by atoms with Gasteiger partial charge >= 0.3 is 5.69 Å². The van der Waals surface area contributed by atoms with Gasteiger partial charge in [-0.25, -0.2) is 4.79 Å². The number of nitrogens with zero attached hydrogens (tertiary/aromatic N) is 4. The molecule has 0 saturated heterocycles. The molecule has 3 rings (SSSR count). The third-order valence-electron chi connectivity index (χ3n) is 4.28. The first-order valence-electron chi connectivity index (χ1n) is 8.72. The minimum absolute atomic E-state index is 0.107. The van der Waals surface area contributed by atoms with E-state index in [9.17, 15) is 9.59 Å². The minimum Gasteiger partial charge on any atom is -0.387 e. The summed E-state index contributed by atoms with van der Waals surface area (Å²) < 4.78 is 2.75. The number of aryl methyl sites for hydroxylation is 1. The van der Waals surface area contributed by atoms with Crippen LogP contribution >= 0.6 is 11.6 Å². The quantitative estimate of drug-likeness (QED) is 0.420. The van der Waals surface area contributed by atoms with Crippen molar-refractivity contribution in [2.75, 3.05) is 0 Å². The molecule has 0 spiro atoms. The maximum Gasteiger partial charge on any atom is 0.332 e. The molecule has 1 fully saturated rings. The summed E-state index contributed by atoms with van der Waals surface area (Å²) in [7, 11) is 0. The number of rotatable bonds is 8. The van der Waals surface area contributed by atoms with E-state index in [0.717, 1.165) is 25.7 Å². The number of fused-ring (bicyclic) bond motifs is 1. The van der Waals surface area contributed by atoms with Crippen molar-refractivity contribution in [2.24, 2.45) is 10.7 Å². The van der Waals surface area contributed by atoms with E-state index in [-0.39, 0.29) is 23.0 Å². The van der Waals surface area contributed by atoms with Crippen LogP contribution in [-0.4, -0.2) is 31.0 Å². The lowest BCUT2D eigenvalue weighted by molar-refractivity contribution is 0.537. The van der Waals surface area contributed by atoms with Crippen molar-refractivity contribution in [3.05, 3.63) is 26.1 Å². The fourth-order valence-electron chi connectivity index (χ4n) is 2.77. The Morgan fingerprint density at radius 2 is 2.04 bits per heavy atom. The number of H-pyrrole nitrogens is 1. The van der Waals surface area contributed by atoms with Crippen LogP contribution in [0, 0.1) is 0 Å². The maximum atomic E-state index is 12.7. The molecule has 0 aromatic carbocycles. The molecule has 8 nitrogen and oxygen atoms in total. The average Bonchev–Trinajstić information content (AvgIpc) is 3.29. The van der Waals surface area contributed by atoms with Crippen molar-refractivity contribution >= 4 is 28.6 Å². The van der Waals surface area contributed by atoms with Gasteiger partial charge in [0.25, 0.3) is 5.56 Å². The predicted octanol–water partition coefficient (Wildman–Crippen LogP) is 1.64. The van der Waals surface area contributed by atoms with Crippen LogP contribution in [0.15, 0.2) is 14.6 Å². The lowest BCUT2D eigenvalue weighted by Crippen LogP contribution is -2.40. The van der Waals surface area contributed by atoms with Gasteiger partial charge in [-0.15, -0.1) is 0 Å². The molecule has 0 bridgehead atoms. The van der Waals surface area contributed by atoms with Crippen LogP contribution in [0.4, 0.5) is 0 Å². The van der Waals surface area contributed by atoms with Gasteiger partial charge in [0.2, 0.25) is 5.28 Å². The van der Waals surface area contributed by atoms with Crippen LogP contribution in [0.1, 0.15) is 45.4 Å². The van der Waals surface area contributed by atoms with Crippen LogP contribution < -0.4 is 17.0 Å². The molecule has 2 heterocycles. The Bertz CT molecular complexity index is 906. The van der Waals surface area contributed by atoms with E-state index in [2.05, 4.69) is 15.0 Å². The standard InChI is InChI=1S/C16H23ClN6O2/c1-2-3-8-22-13-12(20-15(17)21-13)14(24)23(16(22)25)9-4-5-11(18)19-10-6-7-10/h10H,2-9H2,1H3,(H2,18,19)(H,20,21). The van der Waals surface area contributed by atoms with E-state index in [4.69, 9.17) is 17.3 Å². The van der Waals surface area contributed by atoms with Gasteiger partial charge in [0.1, 0.15) is 0 Å². The van der Waals surface area contributed by atoms with E-state index in [1.165, 1.54) is 9.13 Å². The first-order chi connectivity index (χ1) is 12.0. The molecule has 0 atom stereocenters. The number of imidazole rings is 1. The Kier molecular flexibility index (Phi) is 5.27. The third-order valence-corrected chi connectivity index (χ3v) is 4.46. The summed E-state index contributed by atoms with van der Waals surface area (Å²) in [5, 5.41) is 0.107. The molecule has 0 radical (unpaired) electrons. The SMILES string of the molecule is CCCCn1c(=O)n(CCCC(N)=NC2CC2)c(=O)c2[nH]c(Cl)nc21. The van der Waals surface area contributed by atoms with Gasteiger partial charge in [-0.3, -0.25) is 18.9 Å². The Balaban J connectivity index is 1.88. The fraction of sp³-hybridized carbons (Fsp3) is 0.625. The van der Waals surface area contributed by atoms with Gasteiger partial charge in [0.15, 0.2) is 11.2 Å². The summed E-state index contributed by atoms with van der Waals surface area (Å²) in [4.78, 5) is 36.6. The molecule has 25 heavy (non-hydrogen) atoms. The first-order valence-corrected chi connectivity index (χ1v) is 9.10. The zero-order valence-corrected chi connectivity index (χ0v) is 15.1. The molecule has 0 amide bonds. The van der Waals surface area contributed by atoms with E-state index in [1.807, 2.05) is 6.92 Å². The molecule has 2 aromatic heterocycles. The second-order valence-electron chi connectivity index (χ2n) is 6.43. The second-order valence-corrected chi connectivity index (χ2v) is 6.78. The third kappa shape index (κ3) is 3.95. The minimum atomic E-state index is -0.398. The molecule has 1 saturated carbocycles. The highest BCUT2D eigenvalue weighted by Gasteiger charge is 2.20. The number of nitrogens with one attached hydrogen (secondary N) is 1. The fourth-order valence-corrected chi connectivity index (χ4v) is 2.95. The van der Waals surface area contributed by atoms with Gasteiger partial charge in [0.05, 0.1) is 11.9 Å². The van der Waals surface area contributed by atoms with Gasteiger partial charge in [-0.05, 0) is 37.3 Å². The highest BCUT2D eigenvalue weighted by molar-refractivity contribution is 6.28. The largest absolute Gasteiger partial charge is 0.387 e. The summed E-state index contributed by atoms with van der Waals surface area (Å²) >= 11 is 5.90. The number of hydrogen-bond donors (Lipinski definition) is 2. The maximum absolute atomic E-state index is 12.7. The van der Waals surface area contributed by atoms with Crippen molar-refractivity contribution in [1.82, 2.24) is 19.1 Å². The summed E-state index contributed by atoms with van der Waals surface area (Å²) in [6.07, 6.45) is 5.09. The second kappa shape index (κ2) is 7.43. The molecule has 2 aromatic rings. The number of hydrogen-bond acceptors (Lipinski definition) is 4. The Hall–Kier alpha value is -2.09. The summed E-state index contributed by atoms with van der Waals surface area (Å²) in [6.45, 7) is 2.83. The van der Waals surface area contributed by atoms with Gasteiger partial charge in [-0.2, -0.15) is 4.98 Å². The van der Waals surface area contributed by atoms with E-state index in [1.54, 1.807) is 0 Å². The number of aliphatic imine (C=N–C) groups is 1. The van der Waals surface area contributed by atoms with E-state index in [0.29, 0.717) is 36.9 Å². The molecule has 3 N–H and O–H groups in total. The van der Waals surface area contributed by atoms with Crippen molar-refractivity contribution in [3.63, 3.8) is 0 Å². The molecule has 9 heteroatoms. The van der Waals surface area contributed by atoms with Gasteiger partial charge in [0, 0.05) is 19.5 Å². The Morgan fingerprint density at radius 1 is 1.32 bits per heavy atom. The zero-order chi connectivity index (χ0) is 18.0. The molecule has 0 unspecified atom stereocenters. The van der Waals surface area contributed by atoms with Crippen LogP contribution in [0.3, 0.4) is 0 Å². The number of unbranched alkanes of at least 4 members (excludes halogenated alkanes) is 1. The number of nitrogens with two attached hydrogens (primary N) is 1. The molecular weight excluding hydrogens is 344 g/mol. The van der Waals surface area contributed by atoms with E-state index >= 15 is 0 Å². The number of halogens is 1. The normalized spacial score (nSPS) is 15.2. The van der Waals surface area contributed by atoms with Crippen LogP contribution in [0.25, 0.3) is 11.2 Å². The van der Waals surface area contributed by atoms with Gasteiger partial charge < -0.3 is 10.7 Å². The molecule has 0 aliphatic heterocycles. The lowest BCUT2D eigenvalue weighted by atomic mass is 10.3. The number of aromatic nitrogens is 4. The number of amidine groups is 1. The van der Waals surface area contributed by atoms with Crippen molar-refractivity contribution in [1.29, 1.82) is 0 Å². The monoisotopic (exact) mass is 366 g/mol. The topological polar surface area (TPSA) is 111 Å². The van der Waals surface area contributed by atoms with E-state index < -0.39 is 5.56 Å². The Morgan fingerprint density at radius 3 is 2.72 bits per heavy atom. The lowest BCUT2D eigenvalue weighted by Gasteiger charge is -2.10.